The quantitative estimate of drug-likeness (QED) is 0.819. The molecule has 17 heavy (non-hydrogen) atoms. The van der Waals surface area contributed by atoms with Crippen LogP contribution in [0.15, 0.2) is 12.1 Å². The summed E-state index contributed by atoms with van der Waals surface area (Å²) in [4.78, 5) is 11.2. The van der Waals surface area contributed by atoms with Gasteiger partial charge in [-0.1, -0.05) is 0 Å². The first-order chi connectivity index (χ1) is 8.01. The van der Waals surface area contributed by atoms with Crippen LogP contribution < -0.4 is 4.74 Å². The molecule has 4 nitrogen and oxygen atoms in total. The number of hydrogen-bond donors (Lipinski definition) is 1. The molecule has 0 amide bonds. The Hall–Kier alpha value is -1.69. The molecule has 0 aromatic heterocycles. The van der Waals surface area contributed by atoms with Gasteiger partial charge >= 0.3 is 5.97 Å². The second-order valence-corrected chi connectivity index (χ2v) is 3.16. The van der Waals surface area contributed by atoms with Crippen molar-refractivity contribution < 1.29 is 28.2 Å². The predicted molar refractivity (Wildman–Crippen MR) is 54.5 cm³/mol. The third-order valence-corrected chi connectivity index (χ3v) is 2.08. The van der Waals surface area contributed by atoms with Crippen molar-refractivity contribution in [3.8, 4) is 5.75 Å². The van der Waals surface area contributed by atoms with Gasteiger partial charge in [-0.3, -0.25) is 0 Å². The number of ether oxygens (including phenoxy) is 2. The number of rotatable bonds is 4. The topological polar surface area (TPSA) is 55.8 Å². The van der Waals surface area contributed by atoms with E-state index in [1.807, 2.05) is 0 Å². The second-order valence-electron chi connectivity index (χ2n) is 3.16. The van der Waals surface area contributed by atoms with Crippen molar-refractivity contribution in [1.82, 2.24) is 0 Å². The van der Waals surface area contributed by atoms with Crippen molar-refractivity contribution in [1.29, 1.82) is 0 Å². The molecule has 0 aliphatic heterocycles. The highest BCUT2D eigenvalue weighted by Crippen LogP contribution is 2.26. The largest absolute Gasteiger partial charge is 0.494 e. The Bertz CT molecular complexity index is 420. The number of aliphatic hydroxyl groups excluding tert-OH is 1. The van der Waals surface area contributed by atoms with E-state index in [9.17, 15) is 18.7 Å². The van der Waals surface area contributed by atoms with Gasteiger partial charge in [0.25, 0.3) is 0 Å². The van der Waals surface area contributed by atoms with Gasteiger partial charge in [0.1, 0.15) is 5.82 Å². The van der Waals surface area contributed by atoms with Crippen LogP contribution in [0.1, 0.15) is 18.6 Å². The van der Waals surface area contributed by atoms with Crippen molar-refractivity contribution in [2.45, 2.75) is 13.0 Å². The van der Waals surface area contributed by atoms with E-state index in [1.54, 1.807) is 0 Å². The maximum absolute atomic E-state index is 13.5. The zero-order valence-electron chi connectivity index (χ0n) is 9.37. The van der Waals surface area contributed by atoms with Crippen molar-refractivity contribution in [3.05, 3.63) is 29.3 Å². The molecule has 0 spiro atoms. The van der Waals surface area contributed by atoms with Gasteiger partial charge in [0.2, 0.25) is 0 Å². The first kappa shape index (κ1) is 13.4. The molecule has 1 rings (SSSR count). The molecule has 1 aromatic carbocycles. The number of hydrogen-bond acceptors (Lipinski definition) is 4. The summed E-state index contributed by atoms with van der Waals surface area (Å²) >= 11 is 0. The number of esters is 1. The average molecular weight is 246 g/mol. The van der Waals surface area contributed by atoms with Gasteiger partial charge in [-0.2, -0.15) is 0 Å². The highest BCUT2D eigenvalue weighted by molar-refractivity contribution is 5.76. The van der Waals surface area contributed by atoms with Crippen LogP contribution in [0.3, 0.4) is 0 Å². The third kappa shape index (κ3) is 2.91. The minimum atomic E-state index is -1.85. The van der Waals surface area contributed by atoms with E-state index in [0.29, 0.717) is 6.07 Å². The number of carbonyl (C=O) groups is 1. The molecule has 1 atom stereocenters. The maximum atomic E-state index is 13.5. The van der Waals surface area contributed by atoms with Crippen LogP contribution in [0.25, 0.3) is 0 Å². The molecule has 1 unspecified atom stereocenters. The summed E-state index contributed by atoms with van der Waals surface area (Å²) in [6.45, 7) is 1.58. The van der Waals surface area contributed by atoms with Crippen molar-refractivity contribution >= 4 is 5.97 Å². The first-order valence-corrected chi connectivity index (χ1v) is 4.88. The molecule has 0 aliphatic carbocycles. The third-order valence-electron chi connectivity index (χ3n) is 2.08. The SMILES string of the molecule is CCOC(=O)C(O)c1cc(F)c(OC)cc1F. The monoisotopic (exact) mass is 246 g/mol. The van der Waals surface area contributed by atoms with Gasteiger partial charge in [0.15, 0.2) is 17.7 Å². The lowest BCUT2D eigenvalue weighted by molar-refractivity contribution is -0.153. The van der Waals surface area contributed by atoms with E-state index >= 15 is 0 Å². The van der Waals surface area contributed by atoms with E-state index < -0.39 is 29.3 Å². The first-order valence-electron chi connectivity index (χ1n) is 4.88. The average Bonchev–Trinajstić information content (AvgIpc) is 2.31. The Morgan fingerprint density at radius 1 is 1.41 bits per heavy atom. The predicted octanol–water partition coefficient (Wildman–Crippen LogP) is 1.57. The second kappa shape index (κ2) is 5.58. The zero-order valence-corrected chi connectivity index (χ0v) is 9.37. The standard InChI is InChI=1S/C11H12F2O4/c1-3-17-11(15)10(14)6-4-8(13)9(16-2)5-7(6)12/h4-5,10,14H,3H2,1-2H3. The summed E-state index contributed by atoms with van der Waals surface area (Å²) in [6, 6.07) is 1.46. The molecule has 6 heteroatoms. The lowest BCUT2D eigenvalue weighted by Crippen LogP contribution is -2.17. The fourth-order valence-electron chi connectivity index (χ4n) is 1.26. The van der Waals surface area contributed by atoms with Crippen LogP contribution in [0.2, 0.25) is 0 Å². The minimum absolute atomic E-state index is 0.0378. The van der Waals surface area contributed by atoms with E-state index in [-0.39, 0.29) is 12.4 Å². The molecule has 1 N–H and O–H groups in total. The molecule has 0 aliphatic rings. The van der Waals surface area contributed by atoms with Crippen LogP contribution in [0, 0.1) is 11.6 Å². The smallest absolute Gasteiger partial charge is 0.339 e. The van der Waals surface area contributed by atoms with E-state index in [2.05, 4.69) is 9.47 Å². The molecule has 0 heterocycles. The van der Waals surface area contributed by atoms with Gasteiger partial charge in [0.05, 0.1) is 13.7 Å². The van der Waals surface area contributed by atoms with E-state index in [4.69, 9.17) is 0 Å². The van der Waals surface area contributed by atoms with Crippen molar-refractivity contribution in [2.24, 2.45) is 0 Å². The fraction of sp³-hybridized carbons (Fsp3) is 0.364. The molecular weight excluding hydrogens is 234 g/mol. The van der Waals surface area contributed by atoms with Crippen molar-refractivity contribution in [3.63, 3.8) is 0 Å². The van der Waals surface area contributed by atoms with Crippen LogP contribution in [-0.4, -0.2) is 24.8 Å². The van der Waals surface area contributed by atoms with Crippen molar-refractivity contribution in [2.75, 3.05) is 13.7 Å². The summed E-state index contributed by atoms with van der Waals surface area (Å²) in [5, 5.41) is 9.47. The minimum Gasteiger partial charge on any atom is -0.494 e. The van der Waals surface area contributed by atoms with Crippen LogP contribution >= 0.6 is 0 Å². The van der Waals surface area contributed by atoms with Crippen LogP contribution in [0.5, 0.6) is 5.75 Å². The lowest BCUT2D eigenvalue weighted by atomic mass is 10.1. The molecule has 0 fully saturated rings. The Kier molecular flexibility index (Phi) is 4.39. The fourth-order valence-corrected chi connectivity index (χ4v) is 1.26. The van der Waals surface area contributed by atoms with Gasteiger partial charge in [0, 0.05) is 11.6 Å². The van der Waals surface area contributed by atoms with Gasteiger partial charge < -0.3 is 14.6 Å². The molecule has 0 saturated heterocycles. The number of benzene rings is 1. The Morgan fingerprint density at radius 3 is 2.59 bits per heavy atom. The van der Waals surface area contributed by atoms with Gasteiger partial charge in [-0.05, 0) is 13.0 Å². The number of aliphatic hydroxyl groups is 1. The highest BCUT2D eigenvalue weighted by Gasteiger charge is 2.24. The highest BCUT2D eigenvalue weighted by atomic mass is 19.1. The zero-order chi connectivity index (χ0) is 13.0. The number of halogens is 2. The number of methoxy groups -OCH3 is 1. The van der Waals surface area contributed by atoms with E-state index in [0.717, 1.165) is 6.07 Å². The van der Waals surface area contributed by atoms with Crippen LogP contribution in [0.4, 0.5) is 8.78 Å². The molecule has 0 saturated carbocycles. The Balaban J connectivity index is 3.06. The summed E-state index contributed by atoms with van der Waals surface area (Å²) in [5.74, 6) is -3.14. The Labute approximate surface area is 96.8 Å². The van der Waals surface area contributed by atoms with E-state index in [1.165, 1.54) is 14.0 Å². The number of carbonyl (C=O) groups excluding carboxylic acids is 1. The summed E-state index contributed by atoms with van der Waals surface area (Å²) in [6.07, 6.45) is -1.85. The summed E-state index contributed by atoms with van der Waals surface area (Å²) in [5.41, 5.74) is -0.484. The molecular formula is C11H12F2O4. The Morgan fingerprint density at radius 2 is 2.06 bits per heavy atom. The molecule has 0 radical (unpaired) electrons. The normalized spacial score (nSPS) is 12.1. The molecule has 0 bridgehead atoms. The lowest BCUT2D eigenvalue weighted by Gasteiger charge is -2.12. The summed E-state index contributed by atoms with van der Waals surface area (Å²) < 4.78 is 35.8. The molecule has 1 aromatic rings. The van der Waals surface area contributed by atoms with Gasteiger partial charge in [-0.15, -0.1) is 0 Å². The van der Waals surface area contributed by atoms with Gasteiger partial charge in [-0.25, -0.2) is 13.6 Å². The summed E-state index contributed by atoms with van der Waals surface area (Å²) in [7, 11) is 1.18. The molecule has 94 valence electrons. The maximum Gasteiger partial charge on any atom is 0.339 e. The van der Waals surface area contributed by atoms with Crippen LogP contribution in [-0.2, 0) is 9.53 Å².